The van der Waals surface area contributed by atoms with Crippen LogP contribution in [0.15, 0.2) is 33.4 Å². The summed E-state index contributed by atoms with van der Waals surface area (Å²) in [6, 6.07) is 1.14. The summed E-state index contributed by atoms with van der Waals surface area (Å²) in [7, 11) is 1.33. The van der Waals surface area contributed by atoms with Crippen molar-refractivity contribution in [2.45, 2.75) is 12.3 Å². The molecule has 2 unspecified atom stereocenters. The minimum absolute atomic E-state index is 0.0649. The van der Waals surface area contributed by atoms with Crippen molar-refractivity contribution in [1.82, 2.24) is 9.55 Å². The Hall–Kier alpha value is -2.06. The number of aliphatic hydroxyl groups is 2. The predicted molar refractivity (Wildman–Crippen MR) is 59.0 cm³/mol. The monoisotopic (exact) mass is 256 g/mol. The number of hydrogen-bond donors (Lipinski definition) is 3. The summed E-state index contributed by atoms with van der Waals surface area (Å²) in [5, 5.41) is 18.7. The standard InChI is InChI=1S/C10H12N2O6/c1-17-8-7(15)5(4-13)18-9(8)12-3-2-6(14)11-10(12)16/h2-3,8-9,13,15H,4H2,1H3,(H,11,14,16). The SMILES string of the molecule is COC1C(O)=C(CO)OC1n1ccc(=O)[nH]c1=O. The van der Waals surface area contributed by atoms with Crippen molar-refractivity contribution < 1.29 is 19.7 Å². The predicted octanol–water partition coefficient (Wildman–Crippen LogP) is -1.16. The third kappa shape index (κ3) is 1.91. The van der Waals surface area contributed by atoms with E-state index in [1.54, 1.807) is 0 Å². The molecule has 0 aromatic carbocycles. The normalized spacial score (nSPS) is 23.2. The van der Waals surface area contributed by atoms with Gasteiger partial charge >= 0.3 is 5.69 Å². The Morgan fingerprint density at radius 3 is 2.83 bits per heavy atom. The second-order valence-corrected chi connectivity index (χ2v) is 3.65. The van der Waals surface area contributed by atoms with Gasteiger partial charge in [0.15, 0.2) is 17.6 Å². The highest BCUT2D eigenvalue weighted by atomic mass is 16.6. The number of rotatable bonds is 3. The van der Waals surface area contributed by atoms with Gasteiger partial charge in [-0.2, -0.15) is 0 Å². The summed E-state index contributed by atoms with van der Waals surface area (Å²) in [4.78, 5) is 24.6. The number of nitrogens with zero attached hydrogens (tertiary/aromatic N) is 1. The molecule has 8 heteroatoms. The molecule has 0 fully saturated rings. The molecule has 0 amide bonds. The summed E-state index contributed by atoms with van der Waals surface area (Å²) in [6.45, 7) is -0.514. The second kappa shape index (κ2) is 4.67. The van der Waals surface area contributed by atoms with Gasteiger partial charge in [0.05, 0.1) is 0 Å². The zero-order valence-corrected chi connectivity index (χ0v) is 9.49. The van der Waals surface area contributed by atoms with E-state index in [4.69, 9.17) is 14.6 Å². The maximum absolute atomic E-state index is 11.6. The number of nitrogens with one attached hydrogen (secondary N) is 1. The van der Waals surface area contributed by atoms with E-state index in [2.05, 4.69) is 4.98 Å². The highest BCUT2D eigenvalue weighted by Crippen LogP contribution is 2.31. The zero-order chi connectivity index (χ0) is 13.3. The maximum atomic E-state index is 11.6. The van der Waals surface area contributed by atoms with Gasteiger partial charge in [-0.15, -0.1) is 0 Å². The summed E-state index contributed by atoms with van der Waals surface area (Å²) >= 11 is 0. The van der Waals surface area contributed by atoms with Crippen LogP contribution in [0.5, 0.6) is 0 Å². The molecule has 0 bridgehead atoms. The molecule has 2 rings (SSSR count). The van der Waals surface area contributed by atoms with Crippen LogP contribution in [0.4, 0.5) is 0 Å². The van der Waals surface area contributed by atoms with Crippen molar-refractivity contribution in [3.8, 4) is 0 Å². The van der Waals surface area contributed by atoms with Crippen molar-refractivity contribution in [2.24, 2.45) is 0 Å². The first kappa shape index (κ1) is 12.4. The van der Waals surface area contributed by atoms with Gasteiger partial charge in [-0.25, -0.2) is 4.79 Å². The molecule has 1 aliphatic heterocycles. The molecule has 0 radical (unpaired) electrons. The fraction of sp³-hybridized carbons (Fsp3) is 0.400. The molecule has 0 saturated heterocycles. The van der Waals surface area contributed by atoms with Gasteiger partial charge in [0.2, 0.25) is 6.23 Å². The van der Waals surface area contributed by atoms with E-state index in [9.17, 15) is 14.7 Å². The van der Waals surface area contributed by atoms with Gasteiger partial charge in [-0.1, -0.05) is 0 Å². The van der Waals surface area contributed by atoms with Crippen LogP contribution in [0, 0.1) is 0 Å². The van der Waals surface area contributed by atoms with Crippen molar-refractivity contribution in [3.63, 3.8) is 0 Å². The number of ether oxygens (including phenoxy) is 2. The highest BCUT2D eigenvalue weighted by Gasteiger charge is 2.38. The van der Waals surface area contributed by atoms with Crippen LogP contribution >= 0.6 is 0 Å². The molecular formula is C10H12N2O6. The third-order valence-electron chi connectivity index (χ3n) is 2.60. The summed E-state index contributed by atoms with van der Waals surface area (Å²) in [6.07, 6.45) is -0.664. The first-order valence-corrected chi connectivity index (χ1v) is 5.12. The average molecular weight is 256 g/mol. The van der Waals surface area contributed by atoms with Crippen LogP contribution in [0.25, 0.3) is 0 Å². The Balaban J connectivity index is 2.41. The Morgan fingerprint density at radius 1 is 1.56 bits per heavy atom. The Kier molecular flexibility index (Phi) is 3.21. The number of aliphatic hydroxyl groups excluding tert-OH is 2. The van der Waals surface area contributed by atoms with Crippen LogP contribution in [0.2, 0.25) is 0 Å². The molecule has 0 aliphatic carbocycles. The highest BCUT2D eigenvalue weighted by molar-refractivity contribution is 5.14. The number of H-pyrrole nitrogens is 1. The van der Waals surface area contributed by atoms with Crippen molar-refractivity contribution in [1.29, 1.82) is 0 Å². The van der Waals surface area contributed by atoms with Gasteiger partial charge in [0.1, 0.15) is 6.61 Å². The Labute approximate surface area is 101 Å². The topological polar surface area (TPSA) is 114 Å². The quantitative estimate of drug-likeness (QED) is 0.628. The molecule has 0 spiro atoms. The number of methoxy groups -OCH3 is 1. The zero-order valence-electron chi connectivity index (χ0n) is 9.49. The molecule has 2 heterocycles. The summed E-state index contributed by atoms with van der Waals surface area (Å²) in [5.74, 6) is -0.340. The maximum Gasteiger partial charge on any atom is 0.331 e. The number of hydrogen-bond acceptors (Lipinski definition) is 6. The molecule has 98 valence electrons. The fourth-order valence-corrected chi connectivity index (χ4v) is 1.74. The second-order valence-electron chi connectivity index (χ2n) is 3.65. The van der Waals surface area contributed by atoms with E-state index in [0.717, 1.165) is 10.6 Å². The van der Waals surface area contributed by atoms with Crippen LogP contribution in [-0.2, 0) is 9.47 Å². The van der Waals surface area contributed by atoms with Crippen LogP contribution in [-0.4, -0.2) is 39.6 Å². The van der Waals surface area contributed by atoms with Crippen LogP contribution in [0.3, 0.4) is 0 Å². The van der Waals surface area contributed by atoms with Crippen molar-refractivity contribution in [3.05, 3.63) is 44.6 Å². The molecule has 1 aliphatic rings. The molecular weight excluding hydrogens is 244 g/mol. The summed E-state index contributed by atoms with van der Waals surface area (Å²) < 4.78 is 11.3. The van der Waals surface area contributed by atoms with E-state index in [1.807, 2.05) is 0 Å². The smallest absolute Gasteiger partial charge is 0.331 e. The van der Waals surface area contributed by atoms with E-state index >= 15 is 0 Å². The van der Waals surface area contributed by atoms with Crippen molar-refractivity contribution in [2.75, 3.05) is 13.7 Å². The number of aromatic nitrogens is 2. The molecule has 2 atom stereocenters. The lowest BCUT2D eigenvalue weighted by Gasteiger charge is -2.19. The van der Waals surface area contributed by atoms with Crippen molar-refractivity contribution >= 4 is 0 Å². The lowest BCUT2D eigenvalue weighted by Crippen LogP contribution is -2.36. The third-order valence-corrected chi connectivity index (χ3v) is 2.60. The van der Waals surface area contributed by atoms with Crippen LogP contribution < -0.4 is 11.2 Å². The largest absolute Gasteiger partial charge is 0.506 e. The first-order valence-electron chi connectivity index (χ1n) is 5.12. The lowest BCUT2D eigenvalue weighted by atomic mass is 10.2. The number of aromatic amines is 1. The molecule has 1 aromatic heterocycles. The van der Waals surface area contributed by atoms with Gasteiger partial charge in [-0.3, -0.25) is 14.3 Å². The van der Waals surface area contributed by atoms with E-state index in [0.29, 0.717) is 0 Å². The van der Waals surface area contributed by atoms with Gasteiger partial charge < -0.3 is 19.7 Å². The average Bonchev–Trinajstić information content (AvgIpc) is 2.65. The first-order chi connectivity index (χ1) is 8.58. The summed E-state index contributed by atoms with van der Waals surface area (Å²) in [5.41, 5.74) is -1.23. The Morgan fingerprint density at radius 2 is 2.28 bits per heavy atom. The molecule has 8 nitrogen and oxygen atoms in total. The molecule has 18 heavy (non-hydrogen) atoms. The van der Waals surface area contributed by atoms with E-state index in [1.165, 1.54) is 13.3 Å². The molecule has 3 N–H and O–H groups in total. The van der Waals surface area contributed by atoms with Gasteiger partial charge in [0, 0.05) is 19.4 Å². The molecule has 0 saturated carbocycles. The minimum Gasteiger partial charge on any atom is -0.506 e. The fourth-order valence-electron chi connectivity index (χ4n) is 1.74. The van der Waals surface area contributed by atoms with E-state index in [-0.39, 0.29) is 11.5 Å². The van der Waals surface area contributed by atoms with Gasteiger partial charge in [-0.05, 0) is 0 Å². The van der Waals surface area contributed by atoms with E-state index < -0.39 is 30.2 Å². The lowest BCUT2D eigenvalue weighted by molar-refractivity contribution is -0.0374. The van der Waals surface area contributed by atoms with Gasteiger partial charge in [0.25, 0.3) is 5.56 Å². The molecule has 1 aromatic rings. The van der Waals surface area contributed by atoms with Crippen LogP contribution in [0.1, 0.15) is 6.23 Å². The Bertz CT molecular complexity index is 587. The minimum atomic E-state index is -0.971.